The Morgan fingerprint density at radius 2 is 1.79 bits per heavy atom. The van der Waals surface area contributed by atoms with Gasteiger partial charge in [-0.15, -0.1) is 0 Å². The van der Waals surface area contributed by atoms with Crippen LogP contribution in [0.4, 0.5) is 0 Å². The molecule has 8 N–H and O–H groups in total. The molecule has 2 unspecified atom stereocenters. The summed E-state index contributed by atoms with van der Waals surface area (Å²) in [4.78, 5) is 40.3. The van der Waals surface area contributed by atoms with Gasteiger partial charge in [-0.05, 0) is 35.1 Å². The lowest BCUT2D eigenvalue weighted by Crippen LogP contribution is -2.63. The lowest BCUT2D eigenvalue weighted by molar-refractivity contribution is -0.151. The molecule has 2 amide bonds. The third-order valence-corrected chi connectivity index (χ3v) is 11.6. The maximum Gasteiger partial charge on any atom is 0.274 e. The molecule has 10 bridgehead atoms. The molecule has 3 aromatic carbocycles. The van der Waals surface area contributed by atoms with Crippen LogP contribution in [0.5, 0.6) is 11.5 Å². The standard InChI is InChI=1S/C40H36Cl2N6O8/c1-15(2)26(43)34(50)48-39(53)14-17-11-12-23(49)21(13-17)40-20-9-5-8-19(29(20)55-38(40)52)18-7-6-10-22-24(18)25(32(41)44-22)30-33(42)47-36(54-30)28-31(40)56-35(45-28)27(16(3)4)46-37(39)51/h5-13,15-16,26-27,38,44,49,52-53H,14,43H2,1-4H3,(H,46,51)(H,48,50)/t26?,27-,38?,39+,40-/m0/s1. The number of aliphatic hydroxyl groups excluding tert-OH is 1. The number of ether oxygens (including phenoxy) is 1. The highest BCUT2D eigenvalue weighted by Crippen LogP contribution is 2.59. The summed E-state index contributed by atoms with van der Waals surface area (Å²) in [6.45, 7) is 7.07. The first kappa shape index (κ1) is 36.3. The summed E-state index contributed by atoms with van der Waals surface area (Å²) in [6, 6.07) is 13.2. The lowest BCUT2D eigenvalue weighted by Gasteiger charge is -2.34. The van der Waals surface area contributed by atoms with E-state index in [1.54, 1.807) is 39.8 Å². The van der Waals surface area contributed by atoms with Gasteiger partial charge in [-0.3, -0.25) is 9.59 Å². The van der Waals surface area contributed by atoms with Crippen LogP contribution >= 0.6 is 23.2 Å². The number of phenols is 1. The van der Waals surface area contributed by atoms with Crippen molar-refractivity contribution in [3.8, 4) is 45.5 Å². The smallest absolute Gasteiger partial charge is 0.274 e. The summed E-state index contributed by atoms with van der Waals surface area (Å²) in [5, 5.41) is 42.7. The quantitative estimate of drug-likeness (QED) is 0.108. The molecular formula is C40H36Cl2N6O8. The Balaban J connectivity index is 1.41. The molecule has 9 rings (SSSR count). The first-order valence-electron chi connectivity index (χ1n) is 18.0. The zero-order valence-electron chi connectivity index (χ0n) is 30.4. The van der Waals surface area contributed by atoms with Crippen molar-refractivity contribution in [3.63, 3.8) is 0 Å². The zero-order chi connectivity index (χ0) is 39.6. The number of carbonyl (C=O) groups excluding carboxylic acids is 2. The van der Waals surface area contributed by atoms with Crippen molar-refractivity contribution >= 4 is 45.9 Å². The number of nitrogens with one attached hydrogen (secondary N) is 3. The number of amides is 2. The number of phenolic OH excluding ortho intramolecular Hbond substituents is 1. The summed E-state index contributed by atoms with van der Waals surface area (Å²) < 4.78 is 19.7. The van der Waals surface area contributed by atoms with Crippen LogP contribution in [0.3, 0.4) is 0 Å². The van der Waals surface area contributed by atoms with Crippen LogP contribution in [0.1, 0.15) is 62.1 Å². The Morgan fingerprint density at radius 1 is 1.04 bits per heavy atom. The number of para-hydroxylation sites is 1. The normalized spacial score (nSPS) is 22.8. The predicted octanol–water partition coefficient (Wildman–Crippen LogP) is 5.67. The molecule has 3 aliphatic heterocycles. The molecule has 288 valence electrons. The maximum atomic E-state index is 14.3. The van der Waals surface area contributed by atoms with E-state index in [1.165, 1.54) is 18.2 Å². The molecule has 3 aliphatic rings. The number of rotatable bonds is 4. The number of aromatic amines is 1. The second-order valence-corrected chi connectivity index (χ2v) is 16.0. The molecule has 14 nitrogen and oxygen atoms in total. The summed E-state index contributed by atoms with van der Waals surface area (Å²) in [5.74, 6) is -2.62. The Hall–Kier alpha value is -5.38. The largest absolute Gasteiger partial charge is 0.508 e. The van der Waals surface area contributed by atoms with Gasteiger partial charge in [0.15, 0.2) is 22.4 Å². The summed E-state index contributed by atoms with van der Waals surface area (Å²) in [7, 11) is 0. The number of aliphatic hydroxyl groups is 2. The highest BCUT2D eigenvalue weighted by Gasteiger charge is 2.59. The molecular weight excluding hydrogens is 763 g/mol. The highest BCUT2D eigenvalue weighted by atomic mass is 35.5. The topological polar surface area (TPSA) is 222 Å². The second kappa shape index (κ2) is 12.6. The molecule has 6 heterocycles. The van der Waals surface area contributed by atoms with Crippen molar-refractivity contribution < 1.29 is 38.5 Å². The minimum atomic E-state index is -2.56. The maximum absolute atomic E-state index is 14.3. The fourth-order valence-corrected chi connectivity index (χ4v) is 8.59. The second-order valence-electron chi connectivity index (χ2n) is 15.2. The molecule has 0 radical (unpaired) electrons. The number of halogens is 2. The van der Waals surface area contributed by atoms with Gasteiger partial charge in [0.2, 0.25) is 23.8 Å². The number of nitrogens with zero attached hydrogens (tertiary/aromatic N) is 2. The Bertz CT molecular complexity index is 2630. The SMILES string of the molecule is CC(C)C(N)C(=O)N[C@@]1(O)Cc2ccc(O)c(c2)[C@]23c4cccc(c4OC2O)-c2cccc4[nH]c(Cl)c(c24)-c2oc(nc2Cl)-c2nc(oc23)[C@H](C(C)C)NC1=O. The van der Waals surface area contributed by atoms with Crippen LogP contribution in [0.25, 0.3) is 44.9 Å². The lowest BCUT2D eigenvalue weighted by atomic mass is 9.70. The van der Waals surface area contributed by atoms with E-state index in [2.05, 4.69) is 20.6 Å². The molecule has 5 atom stereocenters. The molecule has 16 heteroatoms. The van der Waals surface area contributed by atoms with Crippen molar-refractivity contribution in [3.05, 3.63) is 93.2 Å². The van der Waals surface area contributed by atoms with Crippen molar-refractivity contribution in [2.75, 3.05) is 0 Å². The number of oxazole rings is 2. The van der Waals surface area contributed by atoms with E-state index >= 15 is 0 Å². The summed E-state index contributed by atoms with van der Waals surface area (Å²) in [6.07, 6.45) is -2.25. The number of aromatic hydroxyl groups is 1. The van der Waals surface area contributed by atoms with Gasteiger partial charge in [0, 0.05) is 34.0 Å². The van der Waals surface area contributed by atoms with E-state index in [0.29, 0.717) is 33.2 Å². The van der Waals surface area contributed by atoms with Crippen LogP contribution in [-0.2, 0) is 21.4 Å². The van der Waals surface area contributed by atoms with Gasteiger partial charge in [0.05, 0.1) is 11.6 Å². The van der Waals surface area contributed by atoms with E-state index in [4.69, 9.17) is 47.5 Å². The molecule has 0 aliphatic carbocycles. The van der Waals surface area contributed by atoms with Crippen molar-refractivity contribution in [1.29, 1.82) is 0 Å². The zero-order valence-corrected chi connectivity index (χ0v) is 31.9. The van der Waals surface area contributed by atoms with Gasteiger partial charge < -0.3 is 50.2 Å². The first-order chi connectivity index (χ1) is 26.6. The fourth-order valence-electron chi connectivity index (χ4n) is 8.10. The van der Waals surface area contributed by atoms with Gasteiger partial charge in [-0.2, -0.15) is 4.98 Å². The summed E-state index contributed by atoms with van der Waals surface area (Å²) in [5.41, 5.74) is 4.71. The molecule has 0 saturated carbocycles. The van der Waals surface area contributed by atoms with Crippen molar-refractivity contribution in [1.82, 2.24) is 25.6 Å². The molecule has 3 aromatic heterocycles. The van der Waals surface area contributed by atoms with E-state index in [0.717, 1.165) is 0 Å². The highest BCUT2D eigenvalue weighted by molar-refractivity contribution is 6.37. The number of carbonyl (C=O) groups is 2. The third kappa shape index (κ3) is 5.06. The van der Waals surface area contributed by atoms with Crippen LogP contribution in [-0.4, -0.2) is 60.1 Å². The van der Waals surface area contributed by atoms with Crippen LogP contribution in [0, 0.1) is 11.8 Å². The molecule has 56 heavy (non-hydrogen) atoms. The van der Waals surface area contributed by atoms with Gasteiger partial charge in [-0.25, -0.2) is 4.98 Å². The monoisotopic (exact) mass is 798 g/mol. The van der Waals surface area contributed by atoms with E-state index < -0.39 is 53.7 Å². The van der Waals surface area contributed by atoms with E-state index in [1.807, 2.05) is 24.3 Å². The first-order valence-corrected chi connectivity index (χ1v) is 18.8. The van der Waals surface area contributed by atoms with E-state index in [-0.39, 0.29) is 67.8 Å². The third-order valence-electron chi connectivity index (χ3n) is 11.0. The van der Waals surface area contributed by atoms with Gasteiger partial charge in [-0.1, -0.05) is 93.4 Å². The molecule has 6 aromatic rings. The molecule has 0 fully saturated rings. The number of hydrogen-bond donors (Lipinski definition) is 7. The Labute approximate surface area is 329 Å². The van der Waals surface area contributed by atoms with E-state index in [9.17, 15) is 24.9 Å². The number of fused-ring (bicyclic) bond motifs is 8. The number of benzene rings is 3. The minimum absolute atomic E-state index is 0.0266. The van der Waals surface area contributed by atoms with Crippen molar-refractivity contribution in [2.45, 2.75) is 63.6 Å². The van der Waals surface area contributed by atoms with Crippen molar-refractivity contribution in [2.24, 2.45) is 17.6 Å². The molecule has 1 spiro atoms. The Morgan fingerprint density at radius 3 is 2.54 bits per heavy atom. The molecule has 0 saturated heterocycles. The van der Waals surface area contributed by atoms with Gasteiger partial charge in [0.25, 0.3) is 11.8 Å². The van der Waals surface area contributed by atoms with Gasteiger partial charge >= 0.3 is 0 Å². The Kier molecular flexibility index (Phi) is 8.14. The number of nitrogens with two attached hydrogens (primary N) is 1. The van der Waals surface area contributed by atoms with Crippen LogP contribution in [0.15, 0.2) is 63.4 Å². The number of aromatic nitrogens is 3. The van der Waals surface area contributed by atoms with Crippen LogP contribution < -0.4 is 21.1 Å². The average Bonchev–Trinajstić information content (AvgIpc) is 3.91. The fraction of sp³-hybridized carbons (Fsp3) is 0.300. The summed E-state index contributed by atoms with van der Waals surface area (Å²) >= 11 is 13.7. The average molecular weight is 800 g/mol. The predicted molar refractivity (Wildman–Crippen MR) is 205 cm³/mol. The van der Waals surface area contributed by atoms with Gasteiger partial charge in [0.1, 0.15) is 28.1 Å². The van der Waals surface area contributed by atoms with Crippen LogP contribution in [0.2, 0.25) is 10.3 Å². The number of hydrogen-bond acceptors (Lipinski definition) is 11. The number of H-pyrrole nitrogens is 1. The minimum Gasteiger partial charge on any atom is -0.508 e.